The van der Waals surface area contributed by atoms with Crippen molar-refractivity contribution in [1.82, 2.24) is 5.32 Å². The van der Waals surface area contributed by atoms with Crippen LogP contribution in [0.3, 0.4) is 0 Å². The lowest BCUT2D eigenvalue weighted by Crippen LogP contribution is -2.26. The number of amides is 1. The van der Waals surface area contributed by atoms with E-state index in [0.29, 0.717) is 5.56 Å². The first-order valence-electron chi connectivity index (χ1n) is 5.79. The van der Waals surface area contributed by atoms with Crippen molar-refractivity contribution in [1.29, 1.82) is 0 Å². The molecule has 100 valence electrons. The number of rotatable bonds is 3. The monoisotopic (exact) mass is 357 g/mol. The van der Waals surface area contributed by atoms with Crippen molar-refractivity contribution in [2.24, 2.45) is 0 Å². The van der Waals surface area contributed by atoms with Crippen molar-refractivity contribution in [3.05, 3.63) is 55.1 Å². The molecule has 19 heavy (non-hydrogen) atoms. The molecule has 0 bridgehead atoms. The van der Waals surface area contributed by atoms with Crippen LogP contribution in [-0.2, 0) is 0 Å². The first-order chi connectivity index (χ1) is 8.95. The van der Waals surface area contributed by atoms with Gasteiger partial charge in [-0.15, -0.1) is 11.3 Å². The van der Waals surface area contributed by atoms with Crippen molar-refractivity contribution in [3.63, 3.8) is 0 Å². The summed E-state index contributed by atoms with van der Waals surface area (Å²) in [6.45, 7) is 3.91. The second kappa shape index (κ2) is 6.07. The van der Waals surface area contributed by atoms with Gasteiger partial charge < -0.3 is 5.32 Å². The number of benzene rings is 1. The van der Waals surface area contributed by atoms with Gasteiger partial charge in [0.05, 0.1) is 10.4 Å². The summed E-state index contributed by atoms with van der Waals surface area (Å²) in [5, 5.41) is 2.97. The van der Waals surface area contributed by atoms with Gasteiger partial charge in [-0.3, -0.25) is 4.79 Å². The van der Waals surface area contributed by atoms with Gasteiger partial charge in [-0.2, -0.15) is 0 Å². The van der Waals surface area contributed by atoms with Gasteiger partial charge in [0.1, 0.15) is 0 Å². The van der Waals surface area contributed by atoms with Crippen LogP contribution in [0.1, 0.15) is 33.8 Å². The molecule has 0 saturated carbocycles. The molecule has 1 amide bonds. The van der Waals surface area contributed by atoms with Crippen molar-refractivity contribution in [3.8, 4) is 0 Å². The molecule has 0 aliphatic heterocycles. The highest BCUT2D eigenvalue weighted by molar-refractivity contribution is 9.10. The first kappa shape index (κ1) is 14.6. The summed E-state index contributed by atoms with van der Waals surface area (Å²) in [6, 6.07) is 9.38. The van der Waals surface area contributed by atoms with Crippen LogP contribution in [0.4, 0.5) is 0 Å². The fraction of sp³-hybridized carbons (Fsp3) is 0.214. The molecule has 2 rings (SSSR count). The van der Waals surface area contributed by atoms with Crippen LogP contribution in [0, 0.1) is 6.92 Å². The van der Waals surface area contributed by atoms with Gasteiger partial charge in [-0.25, -0.2) is 0 Å². The molecular weight excluding hydrogens is 346 g/mol. The Balaban J connectivity index is 2.12. The zero-order valence-corrected chi connectivity index (χ0v) is 13.7. The van der Waals surface area contributed by atoms with Gasteiger partial charge in [0.25, 0.3) is 5.91 Å². The van der Waals surface area contributed by atoms with Gasteiger partial charge in [-0.1, -0.05) is 27.5 Å². The summed E-state index contributed by atoms with van der Waals surface area (Å²) in [4.78, 5) is 13.2. The number of hydrogen-bond acceptors (Lipinski definition) is 2. The van der Waals surface area contributed by atoms with Crippen LogP contribution >= 0.6 is 38.9 Å². The van der Waals surface area contributed by atoms with E-state index in [4.69, 9.17) is 11.6 Å². The summed E-state index contributed by atoms with van der Waals surface area (Å²) < 4.78 is 1.64. The minimum atomic E-state index is -0.0820. The van der Waals surface area contributed by atoms with Gasteiger partial charge >= 0.3 is 0 Å². The topological polar surface area (TPSA) is 29.1 Å². The third-order valence-electron chi connectivity index (χ3n) is 2.67. The minimum Gasteiger partial charge on any atom is -0.345 e. The Morgan fingerprint density at radius 3 is 2.68 bits per heavy atom. The Bertz CT molecular complexity index is 591. The summed E-state index contributed by atoms with van der Waals surface area (Å²) in [7, 11) is 0. The number of carbonyl (C=O) groups is 1. The number of thiophene rings is 1. The van der Waals surface area contributed by atoms with E-state index < -0.39 is 0 Å². The molecule has 0 saturated heterocycles. The molecule has 2 aromatic rings. The van der Waals surface area contributed by atoms with Crippen LogP contribution in [0.5, 0.6) is 0 Å². The van der Waals surface area contributed by atoms with Crippen LogP contribution in [0.2, 0.25) is 4.34 Å². The molecule has 0 radical (unpaired) electrons. The molecule has 0 fully saturated rings. The molecule has 0 spiro atoms. The highest BCUT2D eigenvalue weighted by Gasteiger charge is 2.13. The minimum absolute atomic E-state index is 0.0516. The lowest BCUT2D eigenvalue weighted by atomic mass is 10.1. The molecule has 1 aromatic carbocycles. The number of nitrogens with one attached hydrogen (secondary N) is 1. The number of aryl methyl sites for hydroxylation is 1. The molecule has 1 N–H and O–H groups in total. The molecule has 1 atom stereocenters. The summed E-state index contributed by atoms with van der Waals surface area (Å²) in [6.07, 6.45) is 0. The van der Waals surface area contributed by atoms with Crippen LogP contribution in [0.15, 0.2) is 34.8 Å². The number of carbonyl (C=O) groups excluding carboxylic acids is 1. The zero-order chi connectivity index (χ0) is 14.0. The van der Waals surface area contributed by atoms with Gasteiger partial charge in [-0.05, 0) is 49.7 Å². The van der Waals surface area contributed by atoms with Crippen molar-refractivity contribution >= 4 is 44.8 Å². The highest BCUT2D eigenvalue weighted by atomic mass is 79.9. The molecule has 1 unspecified atom stereocenters. The van der Waals surface area contributed by atoms with E-state index >= 15 is 0 Å². The fourth-order valence-corrected chi connectivity index (χ4v) is 3.45. The molecule has 2 nitrogen and oxygen atoms in total. The second-order valence-corrected chi connectivity index (χ2v) is 7.02. The van der Waals surface area contributed by atoms with Gasteiger partial charge in [0, 0.05) is 14.9 Å². The quantitative estimate of drug-likeness (QED) is 0.825. The second-order valence-electron chi connectivity index (χ2n) is 4.35. The smallest absolute Gasteiger partial charge is 0.251 e. The summed E-state index contributed by atoms with van der Waals surface area (Å²) in [5.74, 6) is -0.0820. The molecule has 0 aliphatic carbocycles. The predicted octanol–water partition coefficient (Wildman–Crippen LogP) is 4.96. The highest BCUT2D eigenvalue weighted by Crippen LogP contribution is 2.27. The van der Waals surface area contributed by atoms with Crippen molar-refractivity contribution in [2.75, 3.05) is 0 Å². The number of hydrogen-bond donors (Lipinski definition) is 1. The maximum Gasteiger partial charge on any atom is 0.251 e. The van der Waals surface area contributed by atoms with Gasteiger partial charge in [0.15, 0.2) is 0 Å². The maximum absolute atomic E-state index is 12.2. The van der Waals surface area contributed by atoms with E-state index in [2.05, 4.69) is 21.2 Å². The molecule has 5 heteroatoms. The lowest BCUT2D eigenvalue weighted by Gasteiger charge is -2.12. The third kappa shape index (κ3) is 3.81. The first-order valence-corrected chi connectivity index (χ1v) is 7.78. The maximum atomic E-state index is 12.2. The summed E-state index contributed by atoms with van der Waals surface area (Å²) in [5.41, 5.74) is 1.70. The Kier molecular flexibility index (Phi) is 4.66. The molecular formula is C14H13BrClNOS. The van der Waals surface area contributed by atoms with E-state index in [1.54, 1.807) is 0 Å². The largest absolute Gasteiger partial charge is 0.345 e. The van der Waals surface area contributed by atoms with E-state index in [9.17, 15) is 4.79 Å². The Morgan fingerprint density at radius 1 is 1.37 bits per heavy atom. The zero-order valence-electron chi connectivity index (χ0n) is 10.5. The average molecular weight is 359 g/mol. The SMILES string of the molecule is Cc1cc(Br)cc(C(=O)NC(C)c2ccc(Cl)s2)c1. The van der Waals surface area contributed by atoms with E-state index in [0.717, 1.165) is 19.2 Å². The Labute approximate surface area is 129 Å². The van der Waals surface area contributed by atoms with E-state index in [-0.39, 0.29) is 11.9 Å². The number of halogens is 2. The molecule has 1 heterocycles. The Morgan fingerprint density at radius 2 is 2.11 bits per heavy atom. The van der Waals surface area contributed by atoms with Crippen LogP contribution in [0.25, 0.3) is 0 Å². The lowest BCUT2D eigenvalue weighted by molar-refractivity contribution is 0.0940. The third-order valence-corrected chi connectivity index (χ3v) is 4.54. The van der Waals surface area contributed by atoms with E-state index in [1.165, 1.54) is 11.3 Å². The van der Waals surface area contributed by atoms with Crippen LogP contribution < -0.4 is 5.32 Å². The Hall–Kier alpha value is -0.840. The van der Waals surface area contributed by atoms with E-state index in [1.807, 2.05) is 44.2 Å². The summed E-state index contributed by atoms with van der Waals surface area (Å²) >= 11 is 10.8. The van der Waals surface area contributed by atoms with Gasteiger partial charge in [0.2, 0.25) is 0 Å². The van der Waals surface area contributed by atoms with Crippen molar-refractivity contribution < 1.29 is 4.79 Å². The van der Waals surface area contributed by atoms with Crippen LogP contribution in [-0.4, -0.2) is 5.91 Å². The predicted molar refractivity (Wildman–Crippen MR) is 84.1 cm³/mol. The fourth-order valence-electron chi connectivity index (χ4n) is 1.78. The molecule has 1 aromatic heterocycles. The molecule has 0 aliphatic rings. The standard InChI is InChI=1S/C14H13BrClNOS/c1-8-5-10(7-11(15)6-8)14(18)17-9(2)12-3-4-13(16)19-12/h3-7,9H,1-2H3,(H,17,18). The normalized spacial score (nSPS) is 12.2. The van der Waals surface area contributed by atoms with Crippen molar-refractivity contribution in [2.45, 2.75) is 19.9 Å². The average Bonchev–Trinajstić information content (AvgIpc) is 2.74.